The van der Waals surface area contributed by atoms with Crippen LogP contribution in [0.1, 0.15) is 54.5 Å². The van der Waals surface area contributed by atoms with Crippen LogP contribution in [0.5, 0.6) is 0 Å². The molecule has 3 atom stereocenters. The molecule has 4 amide bonds. The normalized spacial score (nSPS) is 13.1. The Morgan fingerprint density at radius 2 is 1.35 bits per heavy atom. The molecule has 0 aliphatic rings. The van der Waals surface area contributed by atoms with Crippen molar-refractivity contribution in [3.05, 3.63) is 105 Å². The molecular weight excluding hydrogens is 661 g/mol. The average molecular weight is 707 g/mol. The molecule has 4 rings (SSSR count). The van der Waals surface area contributed by atoms with Crippen molar-refractivity contribution in [1.29, 1.82) is 0 Å². The molecule has 0 spiro atoms. The van der Waals surface area contributed by atoms with Crippen molar-refractivity contribution in [2.45, 2.75) is 83.3 Å². The zero-order valence-electron chi connectivity index (χ0n) is 28.5. The predicted molar refractivity (Wildman–Crippen MR) is 192 cm³/mol. The largest absolute Gasteiger partial charge is 0.444 e. The second-order valence-electron chi connectivity index (χ2n) is 12.8. The Labute approximate surface area is 296 Å². The van der Waals surface area contributed by atoms with E-state index in [1.165, 1.54) is 27.6 Å². The van der Waals surface area contributed by atoms with Gasteiger partial charge in [0.2, 0.25) is 5.91 Å². The number of nitrogens with one attached hydrogen (secondary N) is 3. The third-order valence-corrected chi connectivity index (χ3v) is 9.05. The number of hydrogen-bond acceptors (Lipinski definition) is 9. The van der Waals surface area contributed by atoms with Crippen LogP contribution in [0.3, 0.4) is 0 Å². The molecule has 0 fully saturated rings. The minimum absolute atomic E-state index is 0.00266. The number of carbonyl (C=O) groups is 3. The van der Waals surface area contributed by atoms with Gasteiger partial charge in [-0.25, -0.2) is 9.59 Å². The summed E-state index contributed by atoms with van der Waals surface area (Å²) in [5.41, 5.74) is 5.02. The van der Waals surface area contributed by atoms with Crippen LogP contribution in [-0.2, 0) is 40.3 Å². The molecule has 0 saturated carbocycles. The van der Waals surface area contributed by atoms with Crippen LogP contribution < -0.4 is 16.0 Å². The number of amides is 4. The number of benzene rings is 2. The highest BCUT2D eigenvalue weighted by atomic mass is 32.1. The fourth-order valence-corrected chi connectivity index (χ4v) is 6.16. The predicted octanol–water partition coefficient (Wildman–Crippen LogP) is 5.97. The van der Waals surface area contributed by atoms with Crippen LogP contribution in [0.2, 0.25) is 0 Å². The summed E-state index contributed by atoms with van der Waals surface area (Å²) in [7, 11) is 1.68. The molecule has 11 nitrogen and oxygen atoms in total. The Kier molecular flexibility index (Phi) is 14.5. The maximum atomic E-state index is 13.9. The highest BCUT2D eigenvalue weighted by Crippen LogP contribution is 2.15. The summed E-state index contributed by atoms with van der Waals surface area (Å²) >= 11 is 2.88. The molecule has 262 valence electrons. The number of carbonyl (C=O) groups excluding carboxylic acids is 3. The van der Waals surface area contributed by atoms with Crippen molar-refractivity contribution in [3.8, 4) is 0 Å². The Bertz CT molecular complexity index is 1550. The first-order chi connectivity index (χ1) is 23.5. The topological polar surface area (TPSA) is 135 Å². The minimum atomic E-state index is -0.936. The lowest BCUT2D eigenvalue weighted by Crippen LogP contribution is -2.55. The molecule has 4 aromatic rings. The second-order valence-corrected chi connectivity index (χ2v) is 14.7. The van der Waals surface area contributed by atoms with Gasteiger partial charge in [-0.1, -0.05) is 60.7 Å². The molecule has 3 N–H and O–H groups in total. The Hall–Kier alpha value is -4.33. The molecule has 2 heterocycles. The minimum Gasteiger partial charge on any atom is -0.444 e. The molecule has 2 aromatic heterocycles. The Morgan fingerprint density at radius 3 is 1.88 bits per heavy atom. The van der Waals surface area contributed by atoms with Crippen LogP contribution in [0.25, 0.3) is 0 Å². The summed E-state index contributed by atoms with van der Waals surface area (Å²) in [5, 5.41) is 9.12. The monoisotopic (exact) mass is 706 g/mol. The summed E-state index contributed by atoms with van der Waals surface area (Å²) in [6.07, 6.45) is 5.16. The van der Waals surface area contributed by atoms with Crippen molar-refractivity contribution in [2.24, 2.45) is 0 Å². The second kappa shape index (κ2) is 19.0. The molecule has 0 aliphatic heterocycles. The van der Waals surface area contributed by atoms with Gasteiger partial charge in [0.05, 0.1) is 34.7 Å². The van der Waals surface area contributed by atoms with Gasteiger partial charge < -0.3 is 30.3 Å². The van der Waals surface area contributed by atoms with E-state index in [0.717, 1.165) is 20.9 Å². The van der Waals surface area contributed by atoms with Gasteiger partial charge in [-0.2, -0.15) is 0 Å². The fourth-order valence-electron chi connectivity index (χ4n) is 5.01. The van der Waals surface area contributed by atoms with Crippen molar-refractivity contribution in [1.82, 2.24) is 30.8 Å². The molecule has 0 aliphatic carbocycles. The standard InChI is InChI=1S/C36H46N6O5S2/c1-36(2,3)47-23-32(41-34(44)42(4)21-30-19-37-24-48-30)33(43)39-28(17-26-11-7-5-8-12-26)15-16-29(18-27-13-9-6-10-14-27)40-35(45)46-22-31-20-38-25-49-31/h5-14,19-20,24-25,28-29,32H,15-18,21-23H2,1-4H3,(H,39,43)(H,40,45)(H,41,44). The number of urea groups is 1. The third-order valence-electron chi connectivity index (χ3n) is 7.53. The quantitative estimate of drug-likeness (QED) is 0.123. The first kappa shape index (κ1) is 37.5. The summed E-state index contributed by atoms with van der Waals surface area (Å²) < 4.78 is 11.5. The van der Waals surface area contributed by atoms with E-state index >= 15 is 0 Å². The Balaban J connectivity index is 1.47. The zero-order valence-corrected chi connectivity index (χ0v) is 30.1. The van der Waals surface area contributed by atoms with E-state index in [4.69, 9.17) is 9.47 Å². The van der Waals surface area contributed by atoms with Gasteiger partial charge in [-0.15, -0.1) is 22.7 Å². The number of nitrogens with zero attached hydrogens (tertiary/aromatic N) is 3. The molecule has 13 heteroatoms. The number of hydrogen-bond donors (Lipinski definition) is 3. The highest BCUT2D eigenvalue weighted by Gasteiger charge is 2.28. The van der Waals surface area contributed by atoms with Crippen molar-refractivity contribution in [2.75, 3.05) is 13.7 Å². The molecule has 0 saturated heterocycles. The summed E-state index contributed by atoms with van der Waals surface area (Å²) in [5.74, 6) is -0.346. The average Bonchev–Trinajstić information content (AvgIpc) is 3.80. The number of aromatic nitrogens is 2. The van der Waals surface area contributed by atoms with Gasteiger partial charge in [-0.3, -0.25) is 14.8 Å². The van der Waals surface area contributed by atoms with Gasteiger partial charge in [-0.05, 0) is 57.6 Å². The number of ether oxygens (including phenoxy) is 2. The summed E-state index contributed by atoms with van der Waals surface area (Å²) in [4.78, 5) is 51.4. The molecule has 2 aromatic carbocycles. The number of alkyl carbamates (subject to hydrolysis) is 1. The first-order valence-electron chi connectivity index (χ1n) is 16.3. The van der Waals surface area contributed by atoms with Gasteiger partial charge in [0.15, 0.2) is 0 Å². The van der Waals surface area contributed by atoms with Gasteiger partial charge >= 0.3 is 12.1 Å². The maximum Gasteiger partial charge on any atom is 0.407 e. The Morgan fingerprint density at radius 1 is 0.796 bits per heavy atom. The van der Waals surface area contributed by atoms with Gasteiger partial charge in [0.1, 0.15) is 12.6 Å². The van der Waals surface area contributed by atoms with E-state index in [2.05, 4.69) is 25.9 Å². The third kappa shape index (κ3) is 14.0. The number of thiazole rings is 2. The van der Waals surface area contributed by atoms with Crippen LogP contribution in [0.15, 0.2) is 84.1 Å². The highest BCUT2D eigenvalue weighted by molar-refractivity contribution is 7.09. The van der Waals surface area contributed by atoms with E-state index < -0.39 is 23.8 Å². The summed E-state index contributed by atoms with van der Waals surface area (Å²) in [6, 6.07) is 18.0. The fraction of sp³-hybridized carbons (Fsp3) is 0.417. The van der Waals surface area contributed by atoms with Crippen molar-refractivity contribution >= 4 is 40.7 Å². The van der Waals surface area contributed by atoms with Crippen LogP contribution >= 0.6 is 22.7 Å². The van der Waals surface area contributed by atoms with Crippen LogP contribution in [0.4, 0.5) is 9.59 Å². The maximum absolute atomic E-state index is 13.9. The van der Waals surface area contributed by atoms with Crippen LogP contribution in [-0.4, -0.2) is 70.3 Å². The van der Waals surface area contributed by atoms with E-state index in [0.29, 0.717) is 32.2 Å². The molecule has 0 radical (unpaired) electrons. The van der Waals surface area contributed by atoms with Gasteiger partial charge in [0, 0.05) is 36.4 Å². The first-order valence-corrected chi connectivity index (χ1v) is 18.0. The summed E-state index contributed by atoms with van der Waals surface area (Å²) in [6.45, 7) is 6.21. The number of rotatable bonds is 17. The van der Waals surface area contributed by atoms with Crippen LogP contribution in [0, 0.1) is 0 Å². The molecule has 3 unspecified atom stereocenters. The van der Waals surface area contributed by atoms with E-state index in [-0.39, 0.29) is 31.2 Å². The molecule has 49 heavy (non-hydrogen) atoms. The molecule has 0 bridgehead atoms. The smallest absolute Gasteiger partial charge is 0.407 e. The van der Waals surface area contributed by atoms with E-state index in [1.54, 1.807) is 30.5 Å². The van der Waals surface area contributed by atoms with Gasteiger partial charge in [0.25, 0.3) is 0 Å². The lowest BCUT2D eigenvalue weighted by Gasteiger charge is -2.29. The SMILES string of the molecule is CN(Cc1cncs1)C(=O)NC(COC(C)(C)C)C(=O)NC(CCC(Cc1ccccc1)NC(=O)OCc1cncs1)Cc1ccccc1. The molecular formula is C36H46N6O5S2. The van der Waals surface area contributed by atoms with E-state index in [9.17, 15) is 14.4 Å². The van der Waals surface area contributed by atoms with Crippen molar-refractivity contribution in [3.63, 3.8) is 0 Å². The van der Waals surface area contributed by atoms with Crippen molar-refractivity contribution < 1.29 is 23.9 Å². The van der Waals surface area contributed by atoms with E-state index in [1.807, 2.05) is 81.4 Å². The zero-order chi connectivity index (χ0) is 35.1. The lowest BCUT2D eigenvalue weighted by atomic mass is 9.96. The lowest BCUT2D eigenvalue weighted by molar-refractivity contribution is -0.126.